The minimum Gasteiger partial charge on any atom is -0.346 e. The van der Waals surface area contributed by atoms with Crippen molar-refractivity contribution in [3.05, 3.63) is 105 Å². The number of nitrogens with zero attached hydrogens (tertiary/aromatic N) is 5. The average Bonchev–Trinajstić information content (AvgIpc) is 4.20. The molecule has 5 heterocycles. The van der Waals surface area contributed by atoms with Crippen molar-refractivity contribution in [2.45, 2.75) is 96.1 Å². The highest BCUT2D eigenvalue weighted by Gasteiger charge is 2.50. The van der Waals surface area contributed by atoms with Crippen LogP contribution >= 0.6 is 30.3 Å². The van der Waals surface area contributed by atoms with Gasteiger partial charge in [-0.25, -0.2) is 4.98 Å². The van der Waals surface area contributed by atoms with E-state index in [1.807, 2.05) is 23.6 Å². The molecule has 4 N–H and O–H groups in total. The molecule has 388 valence electrons. The molecule has 3 aliphatic rings. The lowest BCUT2D eigenvalue weighted by Crippen LogP contribution is -2.58. The number of rotatable bonds is 15. The van der Waals surface area contributed by atoms with Crippen molar-refractivity contribution in [3.8, 4) is 22.4 Å². The molecule has 5 aromatic rings. The van der Waals surface area contributed by atoms with Gasteiger partial charge in [-0.2, -0.15) is 8.78 Å². The number of fused-ring (bicyclic) bond motifs is 2. The van der Waals surface area contributed by atoms with Crippen LogP contribution in [-0.2, 0) is 40.7 Å². The highest BCUT2D eigenvalue weighted by molar-refractivity contribution is 7.52. The van der Waals surface area contributed by atoms with Crippen LogP contribution < -0.4 is 15.5 Å². The van der Waals surface area contributed by atoms with E-state index in [0.717, 1.165) is 39.6 Å². The Bertz CT molecular complexity index is 3140. The van der Waals surface area contributed by atoms with E-state index >= 15 is 0 Å². The molecular formula is C52H54F2N7O10PS2. The van der Waals surface area contributed by atoms with Gasteiger partial charge in [-0.15, -0.1) is 22.7 Å². The van der Waals surface area contributed by atoms with Crippen LogP contribution in [0.5, 0.6) is 0 Å². The van der Waals surface area contributed by atoms with E-state index in [-0.39, 0.29) is 66.9 Å². The molecule has 8 rings (SSSR count). The van der Waals surface area contributed by atoms with Gasteiger partial charge in [0, 0.05) is 96.7 Å². The fourth-order valence-corrected chi connectivity index (χ4v) is 11.4. The summed E-state index contributed by atoms with van der Waals surface area (Å²) in [6.45, 7) is 6.03. The Hall–Kier alpha value is -6.69. The third-order valence-electron chi connectivity index (χ3n) is 13.4. The summed E-state index contributed by atoms with van der Waals surface area (Å²) in [7, 11) is -4.17. The first kappa shape index (κ1) is 53.6. The fourth-order valence-electron chi connectivity index (χ4n) is 9.30. The number of amides is 7. The Kier molecular flexibility index (Phi) is 15.7. The second-order valence-corrected chi connectivity index (χ2v) is 23.1. The number of imide groups is 1. The van der Waals surface area contributed by atoms with Crippen molar-refractivity contribution in [2.75, 3.05) is 31.6 Å². The number of thiophene rings is 1. The molecule has 0 spiro atoms. The first-order chi connectivity index (χ1) is 35.0. The number of anilines is 1. The van der Waals surface area contributed by atoms with Gasteiger partial charge in [-0.3, -0.25) is 43.4 Å². The maximum atomic E-state index is 14.8. The van der Waals surface area contributed by atoms with Crippen LogP contribution in [0.25, 0.3) is 20.7 Å². The maximum absolute atomic E-state index is 14.8. The quantitative estimate of drug-likeness (QED) is 0.0367. The Labute approximate surface area is 433 Å². The number of thiazole rings is 1. The summed E-state index contributed by atoms with van der Waals surface area (Å²) in [4.78, 5) is 124. The molecule has 3 aliphatic heterocycles. The second kappa shape index (κ2) is 21.6. The van der Waals surface area contributed by atoms with Crippen LogP contribution in [0, 0.1) is 17.3 Å². The molecule has 1 unspecified atom stereocenters. The smallest absolute Gasteiger partial charge is 0.346 e. The SMILES string of the molecule is CN(CCCC#Cc1cccc2c1CN(C1CCC(=O)NC1=O)C2=O)C(=O)CCN(C(=O)[C@@H]1CCCN1C(=O)[C@H](NC(=O)c1cc2cc(C(F)(F)P(=O)(O)O)ccc2s1)C(C)(C)C)c1ccc(-c2nccs2)cc1. The van der Waals surface area contributed by atoms with Crippen LogP contribution in [0.15, 0.2) is 78.3 Å². The summed E-state index contributed by atoms with van der Waals surface area (Å²) < 4.78 is 41.0. The van der Waals surface area contributed by atoms with E-state index in [9.17, 15) is 56.7 Å². The molecule has 0 saturated carbocycles. The number of hydrogen-bond donors (Lipinski definition) is 4. The third-order valence-corrected chi connectivity index (χ3v) is 16.3. The molecule has 2 saturated heterocycles. The maximum Gasteiger partial charge on any atom is 0.399 e. The van der Waals surface area contributed by atoms with Gasteiger partial charge in [0.25, 0.3) is 11.8 Å². The lowest BCUT2D eigenvalue weighted by Gasteiger charge is -2.36. The molecular weight excluding hydrogens is 1020 g/mol. The van der Waals surface area contributed by atoms with Gasteiger partial charge in [-0.05, 0) is 96.6 Å². The number of likely N-dealkylation sites (tertiary alicyclic amines) is 1. The molecule has 2 fully saturated rings. The molecule has 0 radical (unpaired) electrons. The van der Waals surface area contributed by atoms with E-state index < -0.39 is 66.0 Å². The van der Waals surface area contributed by atoms with E-state index in [1.54, 1.807) is 63.2 Å². The molecule has 22 heteroatoms. The van der Waals surface area contributed by atoms with Crippen molar-refractivity contribution >= 4 is 87.4 Å². The first-order valence-corrected chi connectivity index (χ1v) is 27.2. The van der Waals surface area contributed by atoms with Gasteiger partial charge >= 0.3 is 13.3 Å². The summed E-state index contributed by atoms with van der Waals surface area (Å²) in [5.74, 6) is 3.33. The summed E-state index contributed by atoms with van der Waals surface area (Å²) >= 11 is 2.41. The normalized spacial score (nSPS) is 17.4. The number of carbonyl (C=O) groups excluding carboxylic acids is 7. The summed E-state index contributed by atoms with van der Waals surface area (Å²) in [6, 6.07) is 14.0. The molecule has 3 aromatic carbocycles. The number of unbranched alkanes of at least 4 members (excludes halogenated alkanes) is 1. The predicted molar refractivity (Wildman–Crippen MR) is 274 cm³/mol. The van der Waals surface area contributed by atoms with Crippen molar-refractivity contribution in [1.82, 2.24) is 30.3 Å². The topological polar surface area (TPSA) is 227 Å². The average molecular weight is 1070 g/mol. The summed E-state index contributed by atoms with van der Waals surface area (Å²) in [5, 5.41) is 7.91. The Morgan fingerprint density at radius 1 is 1.01 bits per heavy atom. The van der Waals surface area contributed by atoms with E-state index in [0.29, 0.717) is 53.7 Å². The zero-order chi connectivity index (χ0) is 53.3. The van der Waals surface area contributed by atoms with Gasteiger partial charge < -0.3 is 34.7 Å². The van der Waals surface area contributed by atoms with Gasteiger partial charge in [-0.1, -0.05) is 44.7 Å². The van der Waals surface area contributed by atoms with Gasteiger partial charge in [0.05, 0.1) is 4.88 Å². The van der Waals surface area contributed by atoms with Crippen molar-refractivity contribution in [1.29, 1.82) is 0 Å². The number of alkyl halides is 2. The van der Waals surface area contributed by atoms with Crippen molar-refractivity contribution < 1.29 is 56.7 Å². The zero-order valence-corrected chi connectivity index (χ0v) is 43.5. The molecule has 2 aromatic heterocycles. The number of halogens is 2. The Morgan fingerprint density at radius 2 is 1.77 bits per heavy atom. The molecule has 0 bridgehead atoms. The van der Waals surface area contributed by atoms with E-state index in [2.05, 4.69) is 27.5 Å². The van der Waals surface area contributed by atoms with Gasteiger partial charge in [0.2, 0.25) is 29.5 Å². The Morgan fingerprint density at radius 3 is 2.46 bits per heavy atom. The highest BCUT2D eigenvalue weighted by Crippen LogP contribution is 2.59. The summed E-state index contributed by atoms with van der Waals surface area (Å²) in [5.41, 5.74) is -3.07. The van der Waals surface area contributed by atoms with Crippen LogP contribution in [0.4, 0.5) is 14.5 Å². The molecule has 7 amide bonds. The lowest BCUT2D eigenvalue weighted by molar-refractivity contribution is -0.141. The number of hydrogen-bond acceptors (Lipinski definition) is 11. The third kappa shape index (κ3) is 11.3. The number of carbonyl (C=O) groups is 7. The van der Waals surface area contributed by atoms with Crippen LogP contribution in [0.2, 0.25) is 0 Å². The van der Waals surface area contributed by atoms with Crippen LogP contribution in [-0.4, -0.2) is 116 Å². The standard InChI is InChI=1S/C52H54F2N7O10PS2/c1-51(2,3)44(57-46(65)41-29-33-28-34(16-20-40(33)74-41)52(53,54)72(69,70)71)50(68)60-25-9-13-39(60)49(67)59(35-17-14-32(15-18-35)47-55-23-27-73-47)26-22-43(63)58(4)24-7-5-6-10-31-11-8-12-36-37(31)30-61(48(36)66)38-19-21-42(62)56-45(38)64/h8,11-12,14-18,20,23,27-29,38-39,44H,5,7,9,13,19,21-22,24-26,30H2,1-4H3,(H,57,65)(H,56,62,64)(H2,69,70,71)/t38?,39-,44-/m0/s1. The summed E-state index contributed by atoms with van der Waals surface area (Å²) in [6.07, 6.45) is 3.80. The minimum atomic E-state index is -5.84. The number of nitrogens with one attached hydrogen (secondary N) is 2. The predicted octanol–water partition coefficient (Wildman–Crippen LogP) is 6.86. The van der Waals surface area contributed by atoms with Crippen LogP contribution in [0.1, 0.15) is 102 Å². The van der Waals surface area contributed by atoms with Gasteiger partial charge in [0.1, 0.15) is 23.1 Å². The molecule has 3 atom stereocenters. The van der Waals surface area contributed by atoms with E-state index in [4.69, 9.17) is 0 Å². The molecule has 74 heavy (non-hydrogen) atoms. The van der Waals surface area contributed by atoms with Crippen molar-refractivity contribution in [2.24, 2.45) is 5.41 Å². The number of piperidine rings is 1. The van der Waals surface area contributed by atoms with Crippen molar-refractivity contribution in [3.63, 3.8) is 0 Å². The lowest BCUT2D eigenvalue weighted by atomic mass is 9.85. The Balaban J connectivity index is 0.929. The minimum absolute atomic E-state index is 0.0161. The monoisotopic (exact) mass is 1070 g/mol. The first-order valence-electron chi connectivity index (χ1n) is 23.9. The van der Waals surface area contributed by atoms with Crippen LogP contribution in [0.3, 0.4) is 0 Å². The zero-order valence-electron chi connectivity index (χ0n) is 40.9. The second-order valence-electron chi connectivity index (χ2n) is 19.5. The number of benzene rings is 3. The molecule has 0 aliphatic carbocycles. The number of aromatic nitrogens is 1. The van der Waals surface area contributed by atoms with Gasteiger partial charge in [0.15, 0.2) is 0 Å². The fraction of sp³-hybridized carbons (Fsp3) is 0.385. The highest BCUT2D eigenvalue weighted by atomic mass is 32.1. The largest absolute Gasteiger partial charge is 0.399 e. The molecule has 17 nitrogen and oxygen atoms in total. The van der Waals surface area contributed by atoms with E-state index in [1.165, 1.54) is 38.2 Å².